The van der Waals surface area contributed by atoms with Gasteiger partial charge in [-0.25, -0.2) is 4.98 Å². The lowest BCUT2D eigenvalue weighted by Crippen LogP contribution is -1.83. The number of fused-ring (bicyclic) bond motifs is 1. The fraction of sp³-hybridized carbons (Fsp3) is 0. The maximum atomic E-state index is 4.31. The first-order chi connectivity index (χ1) is 9.92. The molecule has 0 atom stereocenters. The number of benzene rings is 1. The molecule has 4 aromatic rings. The number of aromatic nitrogens is 4. The highest BCUT2D eigenvalue weighted by Gasteiger charge is 2.06. The van der Waals surface area contributed by atoms with Crippen LogP contribution in [0.3, 0.4) is 0 Å². The summed E-state index contributed by atoms with van der Waals surface area (Å²) >= 11 is 1.36. The number of hydrogen-bond donors (Lipinski definition) is 1. The van der Waals surface area contributed by atoms with E-state index < -0.39 is 0 Å². The second kappa shape index (κ2) is 4.54. The normalized spacial score (nSPS) is 11.0. The Balaban J connectivity index is 1.81. The van der Waals surface area contributed by atoms with E-state index in [4.69, 9.17) is 0 Å². The first kappa shape index (κ1) is 11.3. The number of nitrogens with one attached hydrogen (secondary N) is 1. The van der Waals surface area contributed by atoms with Gasteiger partial charge in [0.15, 0.2) is 0 Å². The Bertz CT molecular complexity index is 847. The molecule has 0 bridgehead atoms. The maximum Gasteiger partial charge on any atom is 0.137 e. The zero-order valence-corrected chi connectivity index (χ0v) is 11.3. The van der Waals surface area contributed by atoms with Crippen LogP contribution in [-0.4, -0.2) is 19.6 Å². The Morgan fingerprint density at radius 2 is 1.80 bits per heavy atom. The largest absolute Gasteiger partial charge is 0.346 e. The van der Waals surface area contributed by atoms with E-state index in [0.29, 0.717) is 0 Å². The molecule has 0 saturated heterocycles. The molecule has 0 aliphatic rings. The van der Waals surface area contributed by atoms with Crippen molar-refractivity contribution in [1.82, 2.24) is 19.6 Å². The molecule has 3 aromatic heterocycles. The predicted molar refractivity (Wildman–Crippen MR) is 80.4 cm³/mol. The fourth-order valence-corrected chi connectivity index (χ4v) is 2.79. The van der Waals surface area contributed by atoms with Gasteiger partial charge < -0.3 is 4.98 Å². The molecule has 0 aliphatic heterocycles. The van der Waals surface area contributed by atoms with Crippen molar-refractivity contribution in [1.29, 1.82) is 0 Å². The van der Waals surface area contributed by atoms with Crippen LogP contribution in [0.4, 0.5) is 0 Å². The molecule has 20 heavy (non-hydrogen) atoms. The van der Waals surface area contributed by atoms with E-state index >= 15 is 0 Å². The van der Waals surface area contributed by atoms with Crippen molar-refractivity contribution in [3.63, 3.8) is 0 Å². The van der Waals surface area contributed by atoms with E-state index in [2.05, 4.69) is 49.9 Å². The topological polar surface area (TPSA) is 54.5 Å². The van der Waals surface area contributed by atoms with Gasteiger partial charge in [0.05, 0.1) is 0 Å². The highest BCUT2D eigenvalue weighted by atomic mass is 32.1. The minimum Gasteiger partial charge on any atom is -0.346 e. The van der Waals surface area contributed by atoms with Crippen LogP contribution in [0.5, 0.6) is 0 Å². The summed E-state index contributed by atoms with van der Waals surface area (Å²) in [5.74, 6) is 0. The molecule has 1 N–H and O–H groups in total. The van der Waals surface area contributed by atoms with Crippen LogP contribution < -0.4 is 0 Å². The summed E-state index contributed by atoms with van der Waals surface area (Å²) in [7, 11) is 0. The lowest BCUT2D eigenvalue weighted by molar-refractivity contribution is 1.16. The molecule has 5 heteroatoms. The van der Waals surface area contributed by atoms with Crippen LogP contribution in [0.1, 0.15) is 0 Å². The van der Waals surface area contributed by atoms with E-state index in [1.807, 2.05) is 23.8 Å². The molecule has 0 fully saturated rings. The number of hydrogen-bond acceptors (Lipinski definition) is 4. The summed E-state index contributed by atoms with van der Waals surface area (Å²) in [4.78, 5) is 7.45. The van der Waals surface area contributed by atoms with Gasteiger partial charge in [0.2, 0.25) is 0 Å². The van der Waals surface area contributed by atoms with Gasteiger partial charge in [0.25, 0.3) is 0 Å². The number of rotatable bonds is 2. The van der Waals surface area contributed by atoms with Crippen LogP contribution in [-0.2, 0) is 0 Å². The summed E-state index contributed by atoms with van der Waals surface area (Å²) < 4.78 is 3.89. The maximum absolute atomic E-state index is 4.31. The summed E-state index contributed by atoms with van der Waals surface area (Å²) in [5.41, 5.74) is 5.27. The third kappa shape index (κ3) is 1.80. The number of pyridine rings is 1. The Labute approximate surface area is 119 Å². The molecule has 0 unspecified atom stereocenters. The van der Waals surface area contributed by atoms with E-state index in [0.717, 1.165) is 22.3 Å². The average Bonchev–Trinajstić information content (AvgIpc) is 3.18. The molecule has 4 rings (SSSR count). The first-order valence-corrected chi connectivity index (χ1v) is 7.05. The minimum absolute atomic E-state index is 0.912. The SMILES string of the molecule is c1cc(-c2ccc(-c3csnn3)cc2)c2cc[nH]c2n1. The number of H-pyrrole nitrogens is 1. The van der Waals surface area contributed by atoms with Gasteiger partial charge in [-0.15, -0.1) is 5.10 Å². The van der Waals surface area contributed by atoms with Gasteiger partial charge in [-0.1, -0.05) is 28.8 Å². The van der Waals surface area contributed by atoms with E-state index in [9.17, 15) is 0 Å². The Kier molecular flexibility index (Phi) is 2.57. The molecule has 3 heterocycles. The molecular formula is C15H10N4S. The lowest BCUT2D eigenvalue weighted by Gasteiger charge is -2.04. The van der Waals surface area contributed by atoms with Gasteiger partial charge >= 0.3 is 0 Å². The van der Waals surface area contributed by atoms with Gasteiger partial charge in [-0.3, -0.25) is 0 Å². The van der Waals surface area contributed by atoms with Crippen molar-refractivity contribution in [3.8, 4) is 22.4 Å². The third-order valence-corrected chi connectivity index (χ3v) is 3.82. The van der Waals surface area contributed by atoms with E-state index in [1.54, 1.807) is 0 Å². The van der Waals surface area contributed by atoms with Crippen molar-refractivity contribution >= 4 is 22.6 Å². The van der Waals surface area contributed by atoms with E-state index in [-0.39, 0.29) is 0 Å². The zero-order valence-electron chi connectivity index (χ0n) is 10.4. The highest BCUT2D eigenvalue weighted by Crippen LogP contribution is 2.28. The molecule has 0 saturated carbocycles. The molecule has 96 valence electrons. The van der Waals surface area contributed by atoms with Crippen molar-refractivity contribution in [2.45, 2.75) is 0 Å². The van der Waals surface area contributed by atoms with Gasteiger partial charge in [-0.2, -0.15) is 0 Å². The van der Waals surface area contributed by atoms with Gasteiger partial charge in [0.1, 0.15) is 11.3 Å². The van der Waals surface area contributed by atoms with E-state index in [1.165, 1.54) is 22.7 Å². The van der Waals surface area contributed by atoms with Crippen molar-refractivity contribution in [2.75, 3.05) is 0 Å². The predicted octanol–water partition coefficient (Wildman–Crippen LogP) is 3.75. The quantitative estimate of drug-likeness (QED) is 0.607. The van der Waals surface area contributed by atoms with Gasteiger partial charge in [-0.05, 0) is 34.8 Å². The summed E-state index contributed by atoms with van der Waals surface area (Å²) in [5, 5.41) is 7.17. The zero-order chi connectivity index (χ0) is 13.4. The second-order valence-electron chi connectivity index (χ2n) is 4.47. The molecule has 0 radical (unpaired) electrons. The van der Waals surface area contributed by atoms with Gasteiger partial charge in [0, 0.05) is 28.7 Å². The molecule has 0 amide bonds. The number of nitrogens with zero attached hydrogens (tertiary/aromatic N) is 3. The Morgan fingerprint density at radius 1 is 0.950 bits per heavy atom. The fourth-order valence-electron chi connectivity index (χ4n) is 2.32. The standard InChI is InChI=1S/C15H10N4S/c1-3-11(14-9-20-19-18-14)4-2-10(1)12-5-7-16-15-13(12)6-8-17-15/h1-9H,(H,16,17). The molecule has 0 spiro atoms. The number of aromatic amines is 1. The molecule has 1 aromatic carbocycles. The molecule has 4 nitrogen and oxygen atoms in total. The highest BCUT2D eigenvalue weighted by molar-refractivity contribution is 7.03. The monoisotopic (exact) mass is 278 g/mol. The van der Waals surface area contributed by atoms with Crippen molar-refractivity contribution < 1.29 is 0 Å². The van der Waals surface area contributed by atoms with Crippen LogP contribution in [0.2, 0.25) is 0 Å². The molecule has 0 aliphatic carbocycles. The Morgan fingerprint density at radius 3 is 2.60 bits per heavy atom. The van der Waals surface area contributed by atoms with Crippen LogP contribution in [0.25, 0.3) is 33.4 Å². The minimum atomic E-state index is 0.912. The first-order valence-electron chi connectivity index (χ1n) is 6.22. The van der Waals surface area contributed by atoms with Crippen LogP contribution in [0.15, 0.2) is 54.2 Å². The summed E-state index contributed by atoms with van der Waals surface area (Å²) in [6, 6.07) is 12.5. The Hall–Kier alpha value is -2.53. The smallest absolute Gasteiger partial charge is 0.137 e. The van der Waals surface area contributed by atoms with Crippen molar-refractivity contribution in [2.24, 2.45) is 0 Å². The lowest BCUT2D eigenvalue weighted by atomic mass is 10.0. The second-order valence-corrected chi connectivity index (χ2v) is 5.08. The van der Waals surface area contributed by atoms with Crippen LogP contribution in [0, 0.1) is 0 Å². The summed E-state index contributed by atoms with van der Waals surface area (Å²) in [6.07, 6.45) is 3.74. The van der Waals surface area contributed by atoms with Crippen LogP contribution >= 0.6 is 11.5 Å². The summed E-state index contributed by atoms with van der Waals surface area (Å²) in [6.45, 7) is 0. The van der Waals surface area contributed by atoms with Crippen molar-refractivity contribution in [3.05, 3.63) is 54.2 Å². The average molecular weight is 278 g/mol. The molecular weight excluding hydrogens is 268 g/mol. The third-order valence-electron chi connectivity index (χ3n) is 3.31.